The predicted molar refractivity (Wildman–Crippen MR) is 71.8 cm³/mol. The summed E-state index contributed by atoms with van der Waals surface area (Å²) < 4.78 is 5.25. The van der Waals surface area contributed by atoms with E-state index >= 15 is 0 Å². The number of rotatable bonds is 5. The zero-order valence-electron chi connectivity index (χ0n) is 10.1. The lowest BCUT2D eigenvalue weighted by Crippen LogP contribution is -2.11. The first kappa shape index (κ1) is 12.7. The molecular weight excluding hydrogens is 248 g/mol. The zero-order valence-corrected chi connectivity index (χ0v) is 10.9. The molecule has 1 aromatic heterocycles. The standard InChI is InChI=1S/C13H14N2O2S/c1-2-17-8-11-9-18-13(14-11)15-12(16)10-6-4-3-5-7-10/h3-7,9H,2,8H2,1H3,(H,14,15,16). The van der Waals surface area contributed by atoms with E-state index in [1.165, 1.54) is 11.3 Å². The Hall–Kier alpha value is -1.72. The number of carbonyl (C=O) groups excluding carboxylic acids is 1. The van der Waals surface area contributed by atoms with Crippen molar-refractivity contribution in [1.82, 2.24) is 4.98 Å². The zero-order chi connectivity index (χ0) is 12.8. The molecule has 0 unspecified atom stereocenters. The topological polar surface area (TPSA) is 51.2 Å². The Morgan fingerprint density at radius 2 is 2.17 bits per heavy atom. The fourth-order valence-electron chi connectivity index (χ4n) is 1.40. The largest absolute Gasteiger partial charge is 0.375 e. The van der Waals surface area contributed by atoms with Crippen molar-refractivity contribution in [3.8, 4) is 0 Å². The van der Waals surface area contributed by atoms with Gasteiger partial charge in [-0.25, -0.2) is 4.98 Å². The minimum Gasteiger partial charge on any atom is -0.375 e. The average molecular weight is 262 g/mol. The van der Waals surface area contributed by atoms with Crippen molar-refractivity contribution in [3.63, 3.8) is 0 Å². The summed E-state index contributed by atoms with van der Waals surface area (Å²) in [6.07, 6.45) is 0. The Morgan fingerprint density at radius 3 is 2.89 bits per heavy atom. The summed E-state index contributed by atoms with van der Waals surface area (Å²) in [4.78, 5) is 16.1. The number of aromatic nitrogens is 1. The number of hydrogen-bond donors (Lipinski definition) is 1. The first-order valence-corrected chi connectivity index (χ1v) is 6.56. The lowest BCUT2D eigenvalue weighted by atomic mass is 10.2. The molecule has 18 heavy (non-hydrogen) atoms. The van der Waals surface area contributed by atoms with E-state index in [4.69, 9.17) is 4.74 Å². The van der Waals surface area contributed by atoms with E-state index in [2.05, 4.69) is 10.3 Å². The average Bonchev–Trinajstić information content (AvgIpc) is 2.85. The van der Waals surface area contributed by atoms with Gasteiger partial charge in [-0.3, -0.25) is 10.1 Å². The van der Waals surface area contributed by atoms with Crippen molar-refractivity contribution in [2.45, 2.75) is 13.5 Å². The molecule has 0 bridgehead atoms. The highest BCUT2D eigenvalue weighted by Crippen LogP contribution is 2.17. The van der Waals surface area contributed by atoms with Crippen LogP contribution in [-0.4, -0.2) is 17.5 Å². The van der Waals surface area contributed by atoms with Gasteiger partial charge in [0, 0.05) is 17.6 Å². The Morgan fingerprint density at radius 1 is 1.39 bits per heavy atom. The molecular formula is C13H14N2O2S. The summed E-state index contributed by atoms with van der Waals surface area (Å²) in [6.45, 7) is 3.07. The first-order chi connectivity index (χ1) is 8.79. The van der Waals surface area contributed by atoms with Gasteiger partial charge in [-0.1, -0.05) is 18.2 Å². The van der Waals surface area contributed by atoms with Crippen molar-refractivity contribution in [1.29, 1.82) is 0 Å². The molecule has 2 rings (SSSR count). The number of amides is 1. The molecule has 0 aliphatic heterocycles. The maximum atomic E-state index is 11.9. The third-order valence-corrected chi connectivity index (χ3v) is 3.07. The number of thiazole rings is 1. The molecule has 94 valence electrons. The van der Waals surface area contributed by atoms with E-state index in [0.29, 0.717) is 23.9 Å². The highest BCUT2D eigenvalue weighted by Gasteiger charge is 2.08. The summed E-state index contributed by atoms with van der Waals surface area (Å²) in [5.41, 5.74) is 1.46. The molecule has 1 aromatic carbocycles. The molecule has 0 atom stereocenters. The van der Waals surface area contributed by atoms with Gasteiger partial charge in [-0.15, -0.1) is 11.3 Å². The van der Waals surface area contributed by atoms with Gasteiger partial charge in [0.1, 0.15) is 0 Å². The van der Waals surface area contributed by atoms with E-state index in [9.17, 15) is 4.79 Å². The van der Waals surface area contributed by atoms with E-state index in [1.807, 2.05) is 30.5 Å². The molecule has 0 saturated heterocycles. The third kappa shape index (κ3) is 3.38. The summed E-state index contributed by atoms with van der Waals surface area (Å²) in [6, 6.07) is 9.07. The van der Waals surface area contributed by atoms with Gasteiger partial charge in [-0.05, 0) is 19.1 Å². The van der Waals surface area contributed by atoms with Crippen LogP contribution in [0.2, 0.25) is 0 Å². The van der Waals surface area contributed by atoms with Crippen LogP contribution in [0.15, 0.2) is 35.7 Å². The van der Waals surface area contributed by atoms with Gasteiger partial charge in [0.2, 0.25) is 0 Å². The van der Waals surface area contributed by atoms with E-state index in [0.717, 1.165) is 5.69 Å². The van der Waals surface area contributed by atoms with Crippen LogP contribution >= 0.6 is 11.3 Å². The molecule has 2 aromatic rings. The van der Waals surface area contributed by atoms with Crippen LogP contribution in [0, 0.1) is 0 Å². The Kier molecular flexibility index (Phi) is 4.44. The Balaban J connectivity index is 1.97. The second kappa shape index (κ2) is 6.28. The maximum Gasteiger partial charge on any atom is 0.257 e. The fraction of sp³-hybridized carbons (Fsp3) is 0.231. The van der Waals surface area contributed by atoms with Gasteiger partial charge in [0.15, 0.2) is 5.13 Å². The van der Waals surface area contributed by atoms with Crippen LogP contribution in [0.1, 0.15) is 23.0 Å². The van der Waals surface area contributed by atoms with E-state index in [1.54, 1.807) is 12.1 Å². The summed E-state index contributed by atoms with van der Waals surface area (Å²) in [5, 5.41) is 5.25. The second-order valence-corrected chi connectivity index (χ2v) is 4.46. The van der Waals surface area contributed by atoms with Crippen LogP contribution in [0.4, 0.5) is 5.13 Å². The van der Waals surface area contributed by atoms with Gasteiger partial charge in [0.05, 0.1) is 12.3 Å². The number of ether oxygens (including phenoxy) is 1. The van der Waals surface area contributed by atoms with Crippen LogP contribution in [0.25, 0.3) is 0 Å². The second-order valence-electron chi connectivity index (χ2n) is 3.60. The summed E-state index contributed by atoms with van der Waals surface area (Å²) in [5.74, 6) is -0.145. The quantitative estimate of drug-likeness (QED) is 0.901. The number of anilines is 1. The lowest BCUT2D eigenvalue weighted by Gasteiger charge is -2.00. The van der Waals surface area contributed by atoms with Gasteiger partial charge in [0.25, 0.3) is 5.91 Å². The van der Waals surface area contributed by atoms with E-state index < -0.39 is 0 Å². The van der Waals surface area contributed by atoms with E-state index in [-0.39, 0.29) is 5.91 Å². The van der Waals surface area contributed by atoms with Gasteiger partial charge < -0.3 is 4.74 Å². The highest BCUT2D eigenvalue weighted by atomic mass is 32.1. The Labute approximate surface area is 110 Å². The maximum absolute atomic E-state index is 11.9. The number of carbonyl (C=O) groups is 1. The number of hydrogen-bond acceptors (Lipinski definition) is 4. The number of benzene rings is 1. The monoisotopic (exact) mass is 262 g/mol. The lowest BCUT2D eigenvalue weighted by molar-refractivity contribution is 0.102. The normalized spacial score (nSPS) is 10.3. The SMILES string of the molecule is CCOCc1csc(NC(=O)c2ccccc2)n1. The van der Waals surface area contributed by atoms with Crippen molar-refractivity contribution in [2.75, 3.05) is 11.9 Å². The van der Waals surface area contributed by atoms with Crippen LogP contribution in [0.3, 0.4) is 0 Å². The molecule has 0 aliphatic carbocycles. The third-order valence-electron chi connectivity index (χ3n) is 2.26. The minimum atomic E-state index is -0.145. The highest BCUT2D eigenvalue weighted by molar-refractivity contribution is 7.13. The van der Waals surface area contributed by atoms with Crippen molar-refractivity contribution < 1.29 is 9.53 Å². The molecule has 0 spiro atoms. The van der Waals surface area contributed by atoms with Crippen LogP contribution in [0.5, 0.6) is 0 Å². The van der Waals surface area contributed by atoms with Crippen molar-refractivity contribution >= 4 is 22.4 Å². The minimum absolute atomic E-state index is 0.145. The van der Waals surface area contributed by atoms with Gasteiger partial charge >= 0.3 is 0 Å². The molecule has 0 fully saturated rings. The number of nitrogens with one attached hydrogen (secondary N) is 1. The predicted octanol–water partition coefficient (Wildman–Crippen LogP) is 2.93. The summed E-state index contributed by atoms with van der Waals surface area (Å²) >= 11 is 1.40. The summed E-state index contributed by atoms with van der Waals surface area (Å²) in [7, 11) is 0. The Bertz CT molecular complexity index is 511. The number of nitrogens with zero attached hydrogens (tertiary/aromatic N) is 1. The molecule has 5 heteroatoms. The van der Waals surface area contributed by atoms with Crippen LogP contribution in [-0.2, 0) is 11.3 Å². The molecule has 0 aliphatic rings. The molecule has 1 N–H and O–H groups in total. The van der Waals surface area contributed by atoms with Gasteiger partial charge in [-0.2, -0.15) is 0 Å². The molecule has 1 heterocycles. The molecule has 1 amide bonds. The van der Waals surface area contributed by atoms with Crippen LogP contribution < -0.4 is 5.32 Å². The molecule has 4 nitrogen and oxygen atoms in total. The molecule has 0 radical (unpaired) electrons. The van der Waals surface area contributed by atoms with Crippen molar-refractivity contribution in [3.05, 3.63) is 47.0 Å². The molecule has 0 saturated carbocycles. The first-order valence-electron chi connectivity index (χ1n) is 5.68. The van der Waals surface area contributed by atoms with Crippen molar-refractivity contribution in [2.24, 2.45) is 0 Å². The smallest absolute Gasteiger partial charge is 0.257 e. The fourth-order valence-corrected chi connectivity index (χ4v) is 2.09.